The van der Waals surface area contributed by atoms with Gasteiger partial charge < -0.3 is 4.42 Å². The molecule has 23 heavy (non-hydrogen) atoms. The van der Waals surface area contributed by atoms with E-state index >= 15 is 0 Å². The molecule has 0 aliphatic heterocycles. The normalized spacial score (nSPS) is 12.0. The molecule has 10 heteroatoms. The summed E-state index contributed by atoms with van der Waals surface area (Å²) in [6.45, 7) is 1.64. The van der Waals surface area contributed by atoms with Crippen LogP contribution >= 0.6 is 22.9 Å². The van der Waals surface area contributed by atoms with E-state index in [4.69, 9.17) is 16.0 Å². The molecule has 0 unspecified atom stereocenters. The first-order valence-electron chi connectivity index (χ1n) is 6.52. The number of hydrogen-bond donors (Lipinski definition) is 0. The summed E-state index contributed by atoms with van der Waals surface area (Å²) in [4.78, 5) is 0.835. The van der Waals surface area contributed by atoms with Crippen molar-refractivity contribution in [1.29, 1.82) is 0 Å². The van der Waals surface area contributed by atoms with Crippen molar-refractivity contribution in [3.63, 3.8) is 0 Å². The highest BCUT2D eigenvalue weighted by molar-refractivity contribution is 7.13. The van der Waals surface area contributed by atoms with Crippen LogP contribution in [0.1, 0.15) is 17.3 Å². The Kier molecular flexibility index (Phi) is 4.15. The highest BCUT2D eigenvalue weighted by Crippen LogP contribution is 2.35. The Bertz CT molecular complexity index is 810. The number of alkyl halides is 3. The Morgan fingerprint density at radius 1 is 1.35 bits per heavy atom. The lowest BCUT2D eigenvalue weighted by atomic mass is 10.3. The SMILES string of the molecule is Cc1c(Cl)c(C(F)(F)F)nn1CCc1nnc(-c2cccs2)o1. The van der Waals surface area contributed by atoms with Gasteiger partial charge in [-0.25, -0.2) is 0 Å². The van der Waals surface area contributed by atoms with Gasteiger partial charge in [0.25, 0.3) is 5.89 Å². The van der Waals surface area contributed by atoms with Crippen LogP contribution in [0, 0.1) is 6.92 Å². The average molecular weight is 363 g/mol. The Morgan fingerprint density at radius 2 is 2.13 bits per heavy atom. The van der Waals surface area contributed by atoms with E-state index < -0.39 is 11.9 Å². The second-order valence-electron chi connectivity index (χ2n) is 4.70. The molecule has 3 heterocycles. The maximum Gasteiger partial charge on any atom is 0.436 e. The highest BCUT2D eigenvalue weighted by atomic mass is 35.5. The number of halogens is 4. The van der Waals surface area contributed by atoms with Gasteiger partial charge in [-0.05, 0) is 18.4 Å². The number of thiophene rings is 1. The minimum absolute atomic E-state index is 0.160. The molecule has 3 aromatic rings. The van der Waals surface area contributed by atoms with Crippen LogP contribution in [0.2, 0.25) is 5.02 Å². The largest absolute Gasteiger partial charge is 0.436 e. The summed E-state index contributed by atoms with van der Waals surface area (Å²) in [5.74, 6) is 0.717. The van der Waals surface area contributed by atoms with Crippen molar-refractivity contribution in [2.45, 2.75) is 26.1 Å². The van der Waals surface area contributed by atoms with Crippen LogP contribution in [0.25, 0.3) is 10.8 Å². The third-order valence-corrected chi connectivity index (χ3v) is 4.45. The second kappa shape index (κ2) is 5.97. The first-order chi connectivity index (χ1) is 10.9. The number of aromatic nitrogens is 4. The van der Waals surface area contributed by atoms with Crippen LogP contribution in [0.4, 0.5) is 13.2 Å². The smallest absolute Gasteiger partial charge is 0.420 e. The summed E-state index contributed by atoms with van der Waals surface area (Å²) in [5.41, 5.74) is -0.835. The van der Waals surface area contributed by atoms with E-state index in [9.17, 15) is 13.2 Å². The summed E-state index contributed by atoms with van der Waals surface area (Å²) in [6.07, 6.45) is -4.32. The molecule has 0 amide bonds. The van der Waals surface area contributed by atoms with E-state index in [0.717, 1.165) is 4.88 Å². The molecule has 3 rings (SSSR count). The molecule has 0 N–H and O–H groups in total. The monoisotopic (exact) mass is 362 g/mol. The predicted molar refractivity (Wildman–Crippen MR) is 78.3 cm³/mol. The van der Waals surface area contributed by atoms with Crippen molar-refractivity contribution in [3.05, 3.63) is 39.8 Å². The van der Waals surface area contributed by atoms with Crippen molar-refractivity contribution in [2.24, 2.45) is 0 Å². The molecule has 0 saturated heterocycles. The topological polar surface area (TPSA) is 56.7 Å². The maximum atomic E-state index is 12.8. The second-order valence-corrected chi connectivity index (χ2v) is 6.02. The van der Waals surface area contributed by atoms with Gasteiger partial charge in [-0.15, -0.1) is 21.5 Å². The van der Waals surface area contributed by atoms with Crippen molar-refractivity contribution in [2.75, 3.05) is 0 Å². The number of aryl methyl sites for hydroxylation is 2. The van der Waals surface area contributed by atoms with Gasteiger partial charge in [-0.2, -0.15) is 18.3 Å². The molecule has 0 radical (unpaired) electrons. The van der Waals surface area contributed by atoms with Gasteiger partial charge in [0.2, 0.25) is 5.89 Å². The molecule has 0 aromatic carbocycles. The maximum absolute atomic E-state index is 12.8. The fourth-order valence-electron chi connectivity index (χ4n) is 1.98. The fourth-order valence-corrected chi connectivity index (χ4v) is 2.87. The van der Waals surface area contributed by atoms with Crippen molar-refractivity contribution in [3.8, 4) is 10.8 Å². The summed E-state index contributed by atoms with van der Waals surface area (Å²) in [6, 6.07) is 3.70. The number of nitrogens with zero attached hydrogens (tertiary/aromatic N) is 4. The highest BCUT2D eigenvalue weighted by Gasteiger charge is 2.38. The molecule has 0 aliphatic rings. The summed E-state index contributed by atoms with van der Waals surface area (Å²) >= 11 is 7.16. The molecular formula is C13H10ClF3N4OS. The quantitative estimate of drug-likeness (QED) is 0.697. The van der Waals surface area contributed by atoms with Crippen molar-refractivity contribution < 1.29 is 17.6 Å². The van der Waals surface area contributed by atoms with Gasteiger partial charge in [0.1, 0.15) is 0 Å². The zero-order chi connectivity index (χ0) is 16.6. The summed E-state index contributed by atoms with van der Waals surface area (Å²) in [5, 5.41) is 12.8. The summed E-state index contributed by atoms with van der Waals surface area (Å²) < 4.78 is 45.0. The van der Waals surface area contributed by atoms with Crippen LogP contribution in [0.5, 0.6) is 0 Å². The van der Waals surface area contributed by atoms with E-state index in [2.05, 4.69) is 15.3 Å². The lowest BCUT2D eigenvalue weighted by molar-refractivity contribution is -0.141. The third kappa shape index (κ3) is 3.25. The average Bonchev–Trinajstić information content (AvgIpc) is 3.19. The lowest BCUT2D eigenvalue weighted by Gasteiger charge is -2.02. The standard InChI is InChI=1S/C13H10ClF3N4OS/c1-7-10(14)11(13(15,16)17)20-21(7)5-4-9-18-19-12(22-9)8-3-2-6-23-8/h2-3,6H,4-5H2,1H3. The third-order valence-electron chi connectivity index (χ3n) is 3.14. The van der Waals surface area contributed by atoms with E-state index in [1.807, 2.05) is 17.5 Å². The van der Waals surface area contributed by atoms with Crippen LogP contribution in [0.3, 0.4) is 0 Å². The van der Waals surface area contributed by atoms with Crippen LogP contribution < -0.4 is 0 Å². The first-order valence-corrected chi connectivity index (χ1v) is 7.78. The van der Waals surface area contributed by atoms with E-state index in [-0.39, 0.29) is 23.7 Å². The molecule has 5 nitrogen and oxygen atoms in total. The Labute approximate surface area is 137 Å². The van der Waals surface area contributed by atoms with Gasteiger partial charge in [0.15, 0.2) is 5.69 Å². The summed E-state index contributed by atoms with van der Waals surface area (Å²) in [7, 11) is 0. The molecule has 0 atom stereocenters. The van der Waals surface area contributed by atoms with Crippen molar-refractivity contribution in [1.82, 2.24) is 20.0 Å². The number of rotatable bonds is 4. The Balaban J connectivity index is 1.74. The van der Waals surface area contributed by atoms with Crippen LogP contribution in [-0.2, 0) is 19.1 Å². The lowest BCUT2D eigenvalue weighted by Crippen LogP contribution is -2.10. The number of hydrogen-bond acceptors (Lipinski definition) is 5. The van der Waals surface area contributed by atoms with Gasteiger partial charge in [0, 0.05) is 6.42 Å². The van der Waals surface area contributed by atoms with Crippen molar-refractivity contribution >= 4 is 22.9 Å². The molecule has 122 valence electrons. The van der Waals surface area contributed by atoms with Gasteiger partial charge in [0.05, 0.1) is 22.1 Å². The van der Waals surface area contributed by atoms with Crippen LogP contribution in [0.15, 0.2) is 21.9 Å². The van der Waals surface area contributed by atoms with E-state index in [1.165, 1.54) is 22.9 Å². The minimum atomic E-state index is -4.58. The molecule has 3 aromatic heterocycles. The molecular weight excluding hydrogens is 353 g/mol. The van der Waals surface area contributed by atoms with E-state index in [0.29, 0.717) is 11.8 Å². The first kappa shape index (κ1) is 16.0. The molecule has 0 saturated carbocycles. The van der Waals surface area contributed by atoms with Crippen LogP contribution in [-0.4, -0.2) is 20.0 Å². The zero-order valence-corrected chi connectivity index (χ0v) is 13.3. The Morgan fingerprint density at radius 3 is 2.74 bits per heavy atom. The van der Waals surface area contributed by atoms with E-state index in [1.54, 1.807) is 0 Å². The van der Waals surface area contributed by atoms with Gasteiger partial charge >= 0.3 is 6.18 Å². The minimum Gasteiger partial charge on any atom is -0.420 e. The van der Waals surface area contributed by atoms with Gasteiger partial charge in [-0.3, -0.25) is 4.68 Å². The molecule has 0 bridgehead atoms. The predicted octanol–water partition coefficient (Wildman–Crippen LogP) is 4.22. The molecule has 0 fully saturated rings. The Hall–Kier alpha value is -1.87. The fraction of sp³-hybridized carbons (Fsp3) is 0.308. The molecule has 0 aliphatic carbocycles. The zero-order valence-electron chi connectivity index (χ0n) is 11.8. The van der Waals surface area contributed by atoms with Gasteiger partial charge in [-0.1, -0.05) is 17.7 Å². The molecule has 0 spiro atoms.